The van der Waals surface area contributed by atoms with Crippen LogP contribution in [0.2, 0.25) is 0 Å². The molecule has 0 amide bonds. The molecule has 0 aliphatic carbocycles. The molecule has 0 atom stereocenters. The fourth-order valence-electron chi connectivity index (χ4n) is 0.612. The van der Waals surface area contributed by atoms with Gasteiger partial charge in [0, 0.05) is 17.8 Å². The van der Waals surface area contributed by atoms with E-state index in [0.717, 1.165) is 5.41 Å². The molecule has 0 spiro atoms. The first kappa shape index (κ1) is 7.94. The molecule has 0 aliphatic rings. The summed E-state index contributed by atoms with van der Waals surface area (Å²) in [5.74, 6) is 0. The van der Waals surface area contributed by atoms with Crippen molar-refractivity contribution >= 4 is 9.84 Å². The highest BCUT2D eigenvalue weighted by Crippen LogP contribution is 2.07. The SMILES string of the molecule is C=CS(=O)(=O)c1cccnc1. The van der Waals surface area contributed by atoms with Gasteiger partial charge < -0.3 is 0 Å². The largest absolute Gasteiger partial charge is 0.263 e. The standard InChI is InChI=1S/C7H7NO2S/c1-2-11(9,10)7-4-3-5-8-6-7/h2-6H,1H2. The van der Waals surface area contributed by atoms with Gasteiger partial charge in [-0.3, -0.25) is 4.98 Å². The maximum atomic E-state index is 11.0. The van der Waals surface area contributed by atoms with Crippen molar-refractivity contribution < 1.29 is 8.42 Å². The first-order valence-electron chi connectivity index (χ1n) is 2.94. The summed E-state index contributed by atoms with van der Waals surface area (Å²) in [6, 6.07) is 3.04. The van der Waals surface area contributed by atoms with E-state index in [1.54, 1.807) is 6.07 Å². The monoisotopic (exact) mass is 169 g/mol. The summed E-state index contributed by atoms with van der Waals surface area (Å²) in [4.78, 5) is 3.85. The lowest BCUT2D eigenvalue weighted by Gasteiger charge is -1.94. The van der Waals surface area contributed by atoms with Crippen LogP contribution in [0, 0.1) is 0 Å². The van der Waals surface area contributed by atoms with Gasteiger partial charge in [-0.2, -0.15) is 0 Å². The number of nitrogens with zero attached hydrogens (tertiary/aromatic N) is 1. The van der Waals surface area contributed by atoms with Crippen LogP contribution in [0.5, 0.6) is 0 Å². The predicted molar refractivity (Wildman–Crippen MR) is 41.6 cm³/mol. The van der Waals surface area contributed by atoms with Gasteiger partial charge in [0.25, 0.3) is 0 Å². The van der Waals surface area contributed by atoms with Gasteiger partial charge in [0.1, 0.15) is 0 Å². The van der Waals surface area contributed by atoms with Gasteiger partial charge in [-0.05, 0) is 12.1 Å². The molecule has 0 bridgehead atoms. The first-order chi connectivity index (χ1) is 5.17. The van der Waals surface area contributed by atoms with Crippen molar-refractivity contribution in [3.8, 4) is 0 Å². The molecule has 0 aliphatic heterocycles. The zero-order chi connectivity index (χ0) is 8.32. The average Bonchev–Trinajstić information content (AvgIpc) is 2.06. The first-order valence-corrected chi connectivity index (χ1v) is 4.49. The van der Waals surface area contributed by atoms with Gasteiger partial charge in [0.15, 0.2) is 0 Å². The summed E-state index contributed by atoms with van der Waals surface area (Å²) < 4.78 is 22.1. The number of rotatable bonds is 2. The summed E-state index contributed by atoms with van der Waals surface area (Å²) in [5.41, 5.74) is 0. The average molecular weight is 169 g/mol. The van der Waals surface area contributed by atoms with Gasteiger partial charge in [0.05, 0.1) is 4.90 Å². The van der Waals surface area contributed by atoms with Crippen LogP contribution in [-0.4, -0.2) is 13.4 Å². The summed E-state index contributed by atoms with van der Waals surface area (Å²) >= 11 is 0. The Morgan fingerprint density at radius 3 is 2.73 bits per heavy atom. The molecule has 0 aromatic carbocycles. The molecule has 0 saturated heterocycles. The van der Waals surface area contributed by atoms with Gasteiger partial charge in [-0.15, -0.1) is 0 Å². The minimum absolute atomic E-state index is 0.176. The molecular weight excluding hydrogens is 162 g/mol. The summed E-state index contributed by atoms with van der Waals surface area (Å²) in [5, 5.41) is 0.907. The minimum Gasteiger partial charge on any atom is -0.263 e. The normalized spacial score (nSPS) is 10.9. The number of hydrogen-bond acceptors (Lipinski definition) is 3. The molecule has 0 unspecified atom stereocenters. The molecule has 1 aromatic heterocycles. The third-order valence-electron chi connectivity index (χ3n) is 1.18. The topological polar surface area (TPSA) is 47.0 Å². The zero-order valence-electron chi connectivity index (χ0n) is 5.77. The van der Waals surface area contributed by atoms with E-state index in [9.17, 15) is 8.42 Å². The highest BCUT2D eigenvalue weighted by atomic mass is 32.2. The van der Waals surface area contributed by atoms with Crippen molar-refractivity contribution in [2.75, 3.05) is 0 Å². The second kappa shape index (κ2) is 2.84. The Morgan fingerprint density at radius 1 is 1.55 bits per heavy atom. The Hall–Kier alpha value is -1.16. The van der Waals surface area contributed by atoms with Crippen LogP contribution in [0.3, 0.4) is 0 Å². The third kappa shape index (κ3) is 1.65. The summed E-state index contributed by atoms with van der Waals surface area (Å²) in [7, 11) is -3.30. The van der Waals surface area contributed by atoms with Gasteiger partial charge in [-0.25, -0.2) is 8.42 Å². The van der Waals surface area contributed by atoms with Crippen LogP contribution in [0.1, 0.15) is 0 Å². The number of hydrogen-bond donors (Lipinski definition) is 0. The molecule has 0 saturated carbocycles. The van der Waals surface area contributed by atoms with Gasteiger partial charge >= 0.3 is 0 Å². The Bertz CT molecular complexity index is 342. The molecule has 1 heterocycles. The van der Waals surface area contributed by atoms with Crippen LogP contribution in [-0.2, 0) is 9.84 Å². The molecule has 0 radical (unpaired) electrons. The maximum Gasteiger partial charge on any atom is 0.200 e. The van der Waals surface area contributed by atoms with E-state index < -0.39 is 9.84 Å². The van der Waals surface area contributed by atoms with Gasteiger partial charge in [-0.1, -0.05) is 6.58 Å². The van der Waals surface area contributed by atoms with Crippen LogP contribution >= 0.6 is 0 Å². The lowest BCUT2D eigenvalue weighted by molar-refractivity contribution is 0.604. The number of sulfone groups is 1. The molecule has 4 heteroatoms. The predicted octanol–water partition coefficient (Wildman–Crippen LogP) is 0.999. The highest BCUT2D eigenvalue weighted by Gasteiger charge is 2.07. The van der Waals surface area contributed by atoms with Gasteiger partial charge in [0.2, 0.25) is 9.84 Å². The fraction of sp³-hybridized carbons (Fsp3) is 0. The van der Waals surface area contributed by atoms with Crippen molar-refractivity contribution in [1.82, 2.24) is 4.98 Å². The molecule has 1 aromatic rings. The van der Waals surface area contributed by atoms with Crippen LogP contribution < -0.4 is 0 Å². The van der Waals surface area contributed by atoms with E-state index >= 15 is 0 Å². The van der Waals surface area contributed by atoms with Crippen LogP contribution in [0.4, 0.5) is 0 Å². The molecule has 0 N–H and O–H groups in total. The molecular formula is C7H7NO2S. The van der Waals surface area contributed by atoms with Crippen molar-refractivity contribution in [3.05, 3.63) is 36.5 Å². The summed E-state index contributed by atoms with van der Waals surface area (Å²) in [6.07, 6.45) is 2.80. The zero-order valence-corrected chi connectivity index (χ0v) is 6.58. The van der Waals surface area contributed by atoms with Crippen molar-refractivity contribution in [2.24, 2.45) is 0 Å². The Balaban J connectivity index is 3.24. The molecule has 1 rings (SSSR count). The second-order valence-corrected chi connectivity index (χ2v) is 3.80. The van der Waals surface area contributed by atoms with E-state index in [0.29, 0.717) is 0 Å². The number of pyridine rings is 1. The van der Waals surface area contributed by atoms with Crippen molar-refractivity contribution in [3.63, 3.8) is 0 Å². The van der Waals surface area contributed by atoms with Crippen molar-refractivity contribution in [2.45, 2.75) is 4.90 Å². The smallest absolute Gasteiger partial charge is 0.200 e. The third-order valence-corrected chi connectivity index (χ3v) is 2.52. The fourth-order valence-corrected chi connectivity index (χ4v) is 1.28. The Kier molecular flexibility index (Phi) is 2.05. The van der Waals surface area contributed by atoms with E-state index in [4.69, 9.17) is 0 Å². The van der Waals surface area contributed by atoms with E-state index in [1.807, 2.05) is 0 Å². The van der Waals surface area contributed by atoms with E-state index in [1.165, 1.54) is 18.5 Å². The molecule has 0 fully saturated rings. The van der Waals surface area contributed by atoms with E-state index in [2.05, 4.69) is 11.6 Å². The minimum atomic E-state index is -3.30. The van der Waals surface area contributed by atoms with Crippen LogP contribution in [0.15, 0.2) is 41.4 Å². The lowest BCUT2D eigenvalue weighted by Crippen LogP contribution is -1.94. The number of aromatic nitrogens is 1. The van der Waals surface area contributed by atoms with Crippen LogP contribution in [0.25, 0.3) is 0 Å². The molecule has 11 heavy (non-hydrogen) atoms. The maximum absolute atomic E-state index is 11.0. The molecule has 3 nitrogen and oxygen atoms in total. The highest BCUT2D eigenvalue weighted by molar-refractivity contribution is 7.94. The second-order valence-electron chi connectivity index (χ2n) is 1.90. The van der Waals surface area contributed by atoms with E-state index in [-0.39, 0.29) is 4.90 Å². The van der Waals surface area contributed by atoms with Crippen molar-refractivity contribution in [1.29, 1.82) is 0 Å². The Morgan fingerprint density at radius 2 is 2.27 bits per heavy atom. The molecule has 58 valence electrons. The quantitative estimate of drug-likeness (QED) is 0.663. The lowest BCUT2D eigenvalue weighted by atomic mass is 10.5. The Labute approximate surface area is 65.3 Å². The summed E-state index contributed by atoms with van der Waals surface area (Å²) in [6.45, 7) is 3.19.